The van der Waals surface area contributed by atoms with E-state index in [1.165, 1.54) is 4.90 Å². The summed E-state index contributed by atoms with van der Waals surface area (Å²) in [6.07, 6.45) is 4.84. The second-order valence-corrected chi connectivity index (χ2v) is 8.62. The van der Waals surface area contributed by atoms with Crippen molar-refractivity contribution >= 4 is 17.4 Å². The number of likely N-dealkylation sites (tertiary alicyclic amines) is 1. The fourth-order valence-electron chi connectivity index (χ4n) is 4.44. The van der Waals surface area contributed by atoms with Gasteiger partial charge in [0.15, 0.2) is 0 Å². The molecule has 6 heteroatoms. The van der Waals surface area contributed by atoms with Crippen molar-refractivity contribution in [1.29, 1.82) is 0 Å². The third-order valence-electron chi connectivity index (χ3n) is 6.27. The van der Waals surface area contributed by atoms with Crippen LogP contribution in [0.1, 0.15) is 51.5 Å². The van der Waals surface area contributed by atoms with Crippen LogP contribution in [0.5, 0.6) is 5.75 Å². The first-order chi connectivity index (χ1) is 14.6. The highest BCUT2D eigenvalue weighted by atomic mass is 16.5. The van der Waals surface area contributed by atoms with Gasteiger partial charge in [0.1, 0.15) is 11.4 Å². The third-order valence-corrected chi connectivity index (χ3v) is 6.27. The van der Waals surface area contributed by atoms with E-state index in [1.807, 2.05) is 24.3 Å². The van der Waals surface area contributed by atoms with Crippen LogP contribution < -0.4 is 4.74 Å². The quantitative estimate of drug-likeness (QED) is 0.642. The number of carbonyl (C=O) groups excluding carboxylic acids is 2. The van der Waals surface area contributed by atoms with Crippen molar-refractivity contribution in [3.63, 3.8) is 0 Å². The van der Waals surface area contributed by atoms with Gasteiger partial charge in [0.2, 0.25) is 0 Å². The number of amides is 2. The molecule has 0 bridgehead atoms. The molecule has 3 aliphatic heterocycles. The molecule has 0 aliphatic carbocycles. The van der Waals surface area contributed by atoms with Gasteiger partial charge in [-0.05, 0) is 55.7 Å². The summed E-state index contributed by atoms with van der Waals surface area (Å²) in [5.74, 6) is 1.05. The lowest BCUT2D eigenvalue weighted by Gasteiger charge is -2.32. The molecule has 3 heterocycles. The van der Waals surface area contributed by atoms with E-state index in [0.717, 1.165) is 56.5 Å². The number of carbonyl (C=O) groups is 2. The first-order valence-electron chi connectivity index (χ1n) is 11.3. The zero-order chi connectivity index (χ0) is 21.1. The number of piperidine rings is 1. The lowest BCUT2D eigenvalue weighted by molar-refractivity contribution is -0.139. The summed E-state index contributed by atoms with van der Waals surface area (Å²) in [5.41, 5.74) is 1.86. The van der Waals surface area contributed by atoms with Crippen molar-refractivity contribution in [3.8, 4) is 5.75 Å². The smallest absolute Gasteiger partial charge is 0.277 e. The molecule has 4 rings (SSSR count). The van der Waals surface area contributed by atoms with E-state index in [9.17, 15) is 9.59 Å². The molecule has 30 heavy (non-hydrogen) atoms. The lowest BCUT2D eigenvalue weighted by Crippen LogP contribution is -2.41. The van der Waals surface area contributed by atoms with E-state index in [-0.39, 0.29) is 17.9 Å². The van der Waals surface area contributed by atoms with Gasteiger partial charge in [-0.25, -0.2) is 0 Å². The Balaban J connectivity index is 1.64. The van der Waals surface area contributed by atoms with Gasteiger partial charge < -0.3 is 14.4 Å². The van der Waals surface area contributed by atoms with Crippen LogP contribution in [0.3, 0.4) is 0 Å². The Morgan fingerprint density at radius 3 is 2.43 bits per heavy atom. The van der Waals surface area contributed by atoms with Gasteiger partial charge in [0.05, 0.1) is 24.8 Å². The zero-order valence-electron chi connectivity index (χ0n) is 18.1. The second kappa shape index (κ2) is 9.21. The molecular weight excluding hydrogens is 380 g/mol. The van der Waals surface area contributed by atoms with E-state index in [2.05, 4.69) is 18.7 Å². The van der Waals surface area contributed by atoms with Gasteiger partial charge in [-0.15, -0.1) is 0 Å². The van der Waals surface area contributed by atoms with E-state index in [4.69, 9.17) is 9.47 Å². The molecule has 1 unspecified atom stereocenters. The van der Waals surface area contributed by atoms with Crippen molar-refractivity contribution in [2.24, 2.45) is 5.92 Å². The third kappa shape index (κ3) is 4.24. The molecule has 3 aliphatic rings. The topological polar surface area (TPSA) is 59.1 Å². The zero-order valence-corrected chi connectivity index (χ0v) is 18.1. The summed E-state index contributed by atoms with van der Waals surface area (Å²) in [4.78, 5) is 30.3. The molecule has 1 atom stereocenters. The fourth-order valence-corrected chi connectivity index (χ4v) is 4.44. The van der Waals surface area contributed by atoms with Crippen LogP contribution in [0.25, 0.3) is 5.57 Å². The highest BCUT2D eigenvalue weighted by molar-refractivity contribution is 6.35. The monoisotopic (exact) mass is 412 g/mol. The van der Waals surface area contributed by atoms with Crippen LogP contribution in [0.4, 0.5) is 0 Å². The maximum atomic E-state index is 13.4. The highest BCUT2D eigenvalue weighted by Gasteiger charge is 2.43. The van der Waals surface area contributed by atoms with Gasteiger partial charge in [0, 0.05) is 19.7 Å². The standard InChI is InChI=1S/C24H32N2O4/c1-3-14-29-19-8-6-18(7-9-19)21-22(25-12-10-17(2)11-13-25)24(28)26(23(21)27)16-20-5-4-15-30-20/h6-9,17,20H,3-5,10-16H2,1-2H3. The molecule has 2 fully saturated rings. The second-order valence-electron chi connectivity index (χ2n) is 8.62. The maximum Gasteiger partial charge on any atom is 0.277 e. The summed E-state index contributed by atoms with van der Waals surface area (Å²) in [7, 11) is 0. The predicted molar refractivity (Wildman–Crippen MR) is 115 cm³/mol. The van der Waals surface area contributed by atoms with Crippen molar-refractivity contribution in [3.05, 3.63) is 35.5 Å². The molecule has 2 saturated heterocycles. The van der Waals surface area contributed by atoms with Gasteiger partial charge in [-0.2, -0.15) is 0 Å². The van der Waals surface area contributed by atoms with Crippen LogP contribution in [0.15, 0.2) is 30.0 Å². The Labute approximate surface area is 178 Å². The minimum atomic E-state index is -0.202. The number of benzene rings is 1. The van der Waals surface area contributed by atoms with Crippen molar-refractivity contribution < 1.29 is 19.1 Å². The van der Waals surface area contributed by atoms with E-state index in [0.29, 0.717) is 36.9 Å². The fraction of sp³-hybridized carbons (Fsp3) is 0.583. The minimum Gasteiger partial charge on any atom is -0.494 e. The van der Waals surface area contributed by atoms with Crippen LogP contribution in [-0.4, -0.2) is 60.6 Å². The van der Waals surface area contributed by atoms with Crippen LogP contribution in [0.2, 0.25) is 0 Å². The van der Waals surface area contributed by atoms with Crippen LogP contribution in [-0.2, 0) is 14.3 Å². The van der Waals surface area contributed by atoms with Crippen LogP contribution >= 0.6 is 0 Å². The predicted octanol–water partition coefficient (Wildman–Crippen LogP) is 3.47. The first-order valence-corrected chi connectivity index (χ1v) is 11.3. The largest absolute Gasteiger partial charge is 0.494 e. The summed E-state index contributed by atoms with van der Waals surface area (Å²) < 4.78 is 11.4. The molecule has 162 valence electrons. The van der Waals surface area contributed by atoms with Crippen LogP contribution in [0, 0.1) is 5.92 Å². The molecule has 1 aromatic rings. The summed E-state index contributed by atoms with van der Waals surface area (Å²) in [5, 5.41) is 0. The molecule has 0 aromatic heterocycles. The average Bonchev–Trinajstić information content (AvgIpc) is 3.36. The number of ether oxygens (including phenoxy) is 2. The van der Waals surface area contributed by atoms with Crippen molar-refractivity contribution in [2.45, 2.75) is 52.1 Å². The highest BCUT2D eigenvalue weighted by Crippen LogP contribution is 2.35. The van der Waals surface area contributed by atoms with Gasteiger partial charge in [-0.3, -0.25) is 14.5 Å². The number of hydrogen-bond donors (Lipinski definition) is 0. The van der Waals surface area contributed by atoms with Crippen molar-refractivity contribution in [1.82, 2.24) is 9.80 Å². The van der Waals surface area contributed by atoms with E-state index < -0.39 is 0 Å². The Bertz CT molecular complexity index is 803. The number of rotatable bonds is 7. The molecule has 0 saturated carbocycles. The molecule has 0 radical (unpaired) electrons. The lowest BCUT2D eigenvalue weighted by atomic mass is 9.97. The molecule has 1 aromatic carbocycles. The molecule has 0 N–H and O–H groups in total. The Hall–Kier alpha value is -2.34. The summed E-state index contributed by atoms with van der Waals surface area (Å²) >= 11 is 0. The number of imide groups is 1. The Morgan fingerprint density at radius 1 is 1.07 bits per heavy atom. The first kappa shape index (κ1) is 20.9. The number of nitrogens with zero attached hydrogens (tertiary/aromatic N) is 2. The molecule has 6 nitrogen and oxygen atoms in total. The molecular formula is C24H32N2O4. The van der Waals surface area contributed by atoms with Gasteiger partial charge in [-0.1, -0.05) is 26.0 Å². The number of hydrogen-bond acceptors (Lipinski definition) is 5. The Morgan fingerprint density at radius 2 is 1.80 bits per heavy atom. The Kier molecular flexibility index (Phi) is 6.42. The van der Waals surface area contributed by atoms with Gasteiger partial charge >= 0.3 is 0 Å². The SMILES string of the molecule is CCCOc1ccc(C2=C(N3CCC(C)CC3)C(=O)N(CC3CCCO3)C2=O)cc1. The normalized spacial score (nSPS) is 23.1. The average molecular weight is 413 g/mol. The minimum absolute atomic E-state index is 0.0512. The maximum absolute atomic E-state index is 13.4. The van der Waals surface area contributed by atoms with E-state index in [1.54, 1.807) is 0 Å². The molecule has 2 amide bonds. The summed E-state index contributed by atoms with van der Waals surface area (Å²) in [6.45, 7) is 7.63. The molecule has 0 spiro atoms. The summed E-state index contributed by atoms with van der Waals surface area (Å²) in [6, 6.07) is 7.56. The van der Waals surface area contributed by atoms with Crippen molar-refractivity contribution in [2.75, 3.05) is 32.8 Å². The van der Waals surface area contributed by atoms with Gasteiger partial charge in [0.25, 0.3) is 11.8 Å². The van der Waals surface area contributed by atoms with E-state index >= 15 is 0 Å².